The highest BCUT2D eigenvalue weighted by atomic mass is 16.6. The summed E-state index contributed by atoms with van der Waals surface area (Å²) in [4.78, 5) is 45.2. The Labute approximate surface area is 211 Å². The third kappa shape index (κ3) is 23.4. The number of carboxylic acid groups (broad SMARTS) is 2. The van der Waals surface area contributed by atoms with Crippen LogP contribution in [-0.2, 0) is 23.9 Å². The number of carbonyl (C=O) groups is 4. The van der Waals surface area contributed by atoms with Gasteiger partial charge in [0.2, 0.25) is 5.91 Å². The van der Waals surface area contributed by atoms with Crippen LogP contribution in [0.25, 0.3) is 0 Å². The third-order valence-electron chi connectivity index (χ3n) is 5.73. The van der Waals surface area contributed by atoms with Gasteiger partial charge < -0.3 is 20.3 Å². The van der Waals surface area contributed by atoms with E-state index in [1.54, 1.807) is 0 Å². The van der Waals surface area contributed by atoms with Crippen LogP contribution in [0.2, 0.25) is 0 Å². The lowest BCUT2D eigenvalue weighted by atomic mass is 10.0. The highest BCUT2D eigenvalue weighted by Crippen LogP contribution is 2.15. The maximum absolute atomic E-state index is 11.9. The minimum atomic E-state index is -1.20. The first-order chi connectivity index (χ1) is 16.5. The van der Waals surface area contributed by atoms with E-state index in [9.17, 15) is 19.2 Å². The second-order valence-corrected chi connectivity index (χ2v) is 10.4. The molecule has 3 N–H and O–H groups in total. The van der Waals surface area contributed by atoms with Crippen LogP contribution in [0.1, 0.15) is 136 Å². The molecule has 0 aromatic heterocycles. The predicted molar refractivity (Wildman–Crippen MR) is 136 cm³/mol. The standard InChI is InChI=1S/C27H49NO7/c1-27(2,3)35-25(32)19-17-15-13-11-9-7-5-4-6-8-10-12-14-16-18-23(29)28-22(26(33)34)20-21-24(30)31/h22H,4-21H2,1-3H3,(H,28,29)(H,30,31)(H,33,34). The zero-order valence-corrected chi connectivity index (χ0v) is 22.2. The van der Waals surface area contributed by atoms with Gasteiger partial charge in [-0.2, -0.15) is 0 Å². The molecule has 1 amide bonds. The largest absolute Gasteiger partial charge is 0.481 e. The maximum atomic E-state index is 11.9. The molecule has 0 fully saturated rings. The summed E-state index contributed by atoms with van der Waals surface area (Å²) in [7, 11) is 0. The smallest absolute Gasteiger partial charge is 0.326 e. The first-order valence-corrected chi connectivity index (χ1v) is 13.5. The van der Waals surface area contributed by atoms with Gasteiger partial charge in [-0.15, -0.1) is 0 Å². The Balaban J connectivity index is 3.45. The first-order valence-electron chi connectivity index (χ1n) is 13.5. The number of hydrogen-bond acceptors (Lipinski definition) is 5. The van der Waals surface area contributed by atoms with Gasteiger partial charge in [-0.1, -0.05) is 77.0 Å². The van der Waals surface area contributed by atoms with Crippen molar-refractivity contribution in [3.63, 3.8) is 0 Å². The van der Waals surface area contributed by atoms with Gasteiger partial charge in [0.1, 0.15) is 11.6 Å². The van der Waals surface area contributed by atoms with Crippen LogP contribution >= 0.6 is 0 Å². The first kappa shape index (κ1) is 32.9. The molecule has 1 atom stereocenters. The van der Waals surface area contributed by atoms with Gasteiger partial charge in [-0.25, -0.2) is 4.79 Å². The molecule has 0 rings (SSSR count). The molecule has 0 aliphatic heterocycles. The van der Waals surface area contributed by atoms with Gasteiger partial charge in [0.05, 0.1) is 0 Å². The Hall–Kier alpha value is -2.12. The molecular weight excluding hydrogens is 450 g/mol. The van der Waals surface area contributed by atoms with Crippen LogP contribution in [0.3, 0.4) is 0 Å². The molecule has 0 bridgehead atoms. The second kappa shape index (κ2) is 20.1. The molecule has 204 valence electrons. The van der Waals surface area contributed by atoms with Crippen molar-refractivity contribution in [3.8, 4) is 0 Å². The minimum absolute atomic E-state index is 0.0955. The minimum Gasteiger partial charge on any atom is -0.481 e. The van der Waals surface area contributed by atoms with Crippen LogP contribution < -0.4 is 5.32 Å². The van der Waals surface area contributed by atoms with Crippen molar-refractivity contribution >= 4 is 23.8 Å². The SMILES string of the molecule is CC(C)(C)OC(=O)CCCCCCCCCCCCCCCCC(=O)NC(CCC(=O)O)C(=O)O. The molecule has 0 aliphatic carbocycles. The fourth-order valence-corrected chi connectivity index (χ4v) is 3.86. The Bertz CT molecular complexity index is 613. The van der Waals surface area contributed by atoms with Crippen LogP contribution in [-0.4, -0.2) is 45.7 Å². The van der Waals surface area contributed by atoms with Gasteiger partial charge in [-0.3, -0.25) is 14.4 Å². The summed E-state index contributed by atoms with van der Waals surface area (Å²) in [6.07, 6.45) is 16.2. The van der Waals surface area contributed by atoms with Gasteiger partial charge in [0, 0.05) is 19.3 Å². The number of hydrogen-bond donors (Lipinski definition) is 3. The fourth-order valence-electron chi connectivity index (χ4n) is 3.86. The number of ether oxygens (including phenoxy) is 1. The molecule has 0 aromatic carbocycles. The summed E-state index contributed by atoms with van der Waals surface area (Å²) in [5.41, 5.74) is -0.392. The van der Waals surface area contributed by atoms with Crippen LogP contribution in [0.5, 0.6) is 0 Å². The lowest BCUT2D eigenvalue weighted by molar-refractivity contribution is -0.155. The van der Waals surface area contributed by atoms with E-state index in [4.69, 9.17) is 14.9 Å². The molecule has 1 unspecified atom stereocenters. The van der Waals surface area contributed by atoms with Gasteiger partial charge in [0.25, 0.3) is 0 Å². The van der Waals surface area contributed by atoms with E-state index in [0.717, 1.165) is 38.5 Å². The molecule has 8 nitrogen and oxygen atoms in total. The number of amides is 1. The molecule has 0 aliphatic rings. The Morgan fingerprint density at radius 3 is 1.43 bits per heavy atom. The van der Waals surface area contributed by atoms with E-state index in [1.807, 2.05) is 20.8 Å². The van der Waals surface area contributed by atoms with Crippen molar-refractivity contribution in [2.24, 2.45) is 0 Å². The summed E-state index contributed by atoms with van der Waals surface area (Å²) in [5, 5.41) is 20.1. The van der Waals surface area contributed by atoms with Gasteiger partial charge in [0.15, 0.2) is 0 Å². The number of carbonyl (C=O) groups excluding carboxylic acids is 2. The Kier molecular flexibility index (Phi) is 18.9. The monoisotopic (exact) mass is 499 g/mol. The second-order valence-electron chi connectivity index (χ2n) is 10.4. The topological polar surface area (TPSA) is 130 Å². The van der Waals surface area contributed by atoms with E-state index in [1.165, 1.54) is 51.4 Å². The van der Waals surface area contributed by atoms with Gasteiger partial charge in [-0.05, 0) is 40.0 Å². The number of nitrogens with one attached hydrogen (secondary N) is 1. The summed E-state index contributed by atoms with van der Waals surface area (Å²) >= 11 is 0. The molecule has 0 spiro atoms. The Morgan fingerprint density at radius 1 is 0.657 bits per heavy atom. The lowest BCUT2D eigenvalue weighted by Gasteiger charge is -2.19. The molecule has 8 heteroatoms. The van der Waals surface area contributed by atoms with Crippen LogP contribution in [0.4, 0.5) is 0 Å². The average Bonchev–Trinajstić information content (AvgIpc) is 2.74. The zero-order chi connectivity index (χ0) is 26.5. The predicted octanol–water partition coefficient (Wildman–Crippen LogP) is 6.00. The highest BCUT2D eigenvalue weighted by molar-refractivity contribution is 5.83. The molecule has 35 heavy (non-hydrogen) atoms. The van der Waals surface area contributed by atoms with Crippen molar-refractivity contribution < 1.29 is 34.1 Å². The number of esters is 1. The fraction of sp³-hybridized carbons (Fsp3) is 0.852. The summed E-state index contributed by atoms with van der Waals surface area (Å²) in [6, 6.07) is -1.14. The molecule has 0 saturated heterocycles. The van der Waals surface area contributed by atoms with Gasteiger partial charge >= 0.3 is 17.9 Å². The number of aliphatic carboxylic acids is 2. The van der Waals surface area contributed by atoms with Crippen LogP contribution in [0, 0.1) is 0 Å². The third-order valence-corrected chi connectivity index (χ3v) is 5.73. The zero-order valence-electron chi connectivity index (χ0n) is 22.2. The lowest BCUT2D eigenvalue weighted by Crippen LogP contribution is -2.41. The molecule has 0 radical (unpaired) electrons. The molecular formula is C27H49NO7. The number of unbranched alkanes of at least 4 members (excludes halogenated alkanes) is 13. The van der Waals surface area contributed by atoms with E-state index >= 15 is 0 Å². The summed E-state index contributed by atoms with van der Waals surface area (Å²) in [6.45, 7) is 5.68. The average molecular weight is 500 g/mol. The number of rotatable bonds is 22. The van der Waals surface area contributed by atoms with Crippen molar-refractivity contribution in [2.75, 3.05) is 0 Å². The van der Waals surface area contributed by atoms with Crippen molar-refractivity contribution in [1.82, 2.24) is 5.32 Å². The van der Waals surface area contributed by atoms with Crippen molar-refractivity contribution in [3.05, 3.63) is 0 Å². The van der Waals surface area contributed by atoms with Crippen molar-refractivity contribution in [1.29, 1.82) is 0 Å². The maximum Gasteiger partial charge on any atom is 0.326 e. The number of carboxylic acids is 2. The van der Waals surface area contributed by atoms with E-state index in [0.29, 0.717) is 6.42 Å². The van der Waals surface area contributed by atoms with Crippen molar-refractivity contribution in [2.45, 2.75) is 148 Å². The molecule has 0 aromatic rings. The van der Waals surface area contributed by atoms with E-state index < -0.39 is 23.6 Å². The normalized spacial score (nSPS) is 12.2. The molecule has 0 heterocycles. The molecule has 0 saturated carbocycles. The summed E-state index contributed by atoms with van der Waals surface area (Å²) < 4.78 is 5.31. The van der Waals surface area contributed by atoms with E-state index in [-0.39, 0.29) is 31.1 Å². The van der Waals surface area contributed by atoms with Crippen LogP contribution in [0.15, 0.2) is 0 Å². The highest BCUT2D eigenvalue weighted by Gasteiger charge is 2.20. The quantitative estimate of drug-likeness (QED) is 0.123. The van der Waals surface area contributed by atoms with E-state index in [2.05, 4.69) is 5.32 Å². The Morgan fingerprint density at radius 2 is 1.06 bits per heavy atom. The summed E-state index contributed by atoms with van der Waals surface area (Å²) in [5.74, 6) is -2.70.